The average molecular weight is 228 g/mol. The molecule has 4 heteroatoms. The van der Waals surface area contributed by atoms with Gasteiger partial charge in [-0.05, 0) is 46.6 Å². The average Bonchev–Trinajstić information content (AvgIpc) is 2.27. The SMILES string of the molecule is CNC1CCC(NC(=O)COC(C)C)CC1. The van der Waals surface area contributed by atoms with Crippen molar-refractivity contribution in [3.8, 4) is 0 Å². The Bertz CT molecular complexity index is 211. The van der Waals surface area contributed by atoms with E-state index in [0.717, 1.165) is 25.7 Å². The molecule has 1 rings (SSSR count). The highest BCUT2D eigenvalue weighted by atomic mass is 16.5. The third-order valence-electron chi connectivity index (χ3n) is 3.05. The first-order chi connectivity index (χ1) is 7.61. The number of nitrogens with one attached hydrogen (secondary N) is 2. The highest BCUT2D eigenvalue weighted by Crippen LogP contribution is 2.18. The van der Waals surface area contributed by atoms with Crippen LogP contribution >= 0.6 is 0 Å². The van der Waals surface area contributed by atoms with Crippen molar-refractivity contribution < 1.29 is 9.53 Å². The molecule has 4 nitrogen and oxygen atoms in total. The molecule has 0 unspecified atom stereocenters. The summed E-state index contributed by atoms with van der Waals surface area (Å²) in [7, 11) is 2.00. The molecule has 94 valence electrons. The number of rotatable bonds is 5. The Morgan fingerprint density at radius 1 is 1.25 bits per heavy atom. The minimum Gasteiger partial charge on any atom is -0.369 e. The molecule has 2 N–H and O–H groups in total. The second-order valence-corrected chi connectivity index (χ2v) is 4.76. The van der Waals surface area contributed by atoms with Crippen molar-refractivity contribution in [2.75, 3.05) is 13.7 Å². The number of carbonyl (C=O) groups excluding carboxylic acids is 1. The van der Waals surface area contributed by atoms with Gasteiger partial charge in [0, 0.05) is 12.1 Å². The van der Waals surface area contributed by atoms with Gasteiger partial charge >= 0.3 is 0 Å². The summed E-state index contributed by atoms with van der Waals surface area (Å²) < 4.78 is 5.26. The summed E-state index contributed by atoms with van der Waals surface area (Å²) in [6, 6.07) is 0.966. The van der Waals surface area contributed by atoms with Gasteiger partial charge < -0.3 is 15.4 Å². The maximum atomic E-state index is 11.5. The van der Waals surface area contributed by atoms with Crippen molar-refractivity contribution in [1.82, 2.24) is 10.6 Å². The molecular weight excluding hydrogens is 204 g/mol. The molecule has 0 radical (unpaired) electrons. The molecule has 0 aliphatic heterocycles. The predicted octanol–water partition coefficient (Wildman–Crippen LogP) is 1.06. The normalized spacial score (nSPS) is 25.8. The Labute approximate surface area is 98.1 Å². The Morgan fingerprint density at radius 2 is 1.81 bits per heavy atom. The summed E-state index contributed by atoms with van der Waals surface area (Å²) >= 11 is 0. The van der Waals surface area contributed by atoms with Crippen LogP contribution in [0.4, 0.5) is 0 Å². The molecule has 0 saturated heterocycles. The van der Waals surface area contributed by atoms with Crippen LogP contribution in [0.5, 0.6) is 0 Å². The highest BCUT2D eigenvalue weighted by Gasteiger charge is 2.21. The van der Waals surface area contributed by atoms with E-state index in [4.69, 9.17) is 4.74 Å². The Morgan fingerprint density at radius 3 is 2.31 bits per heavy atom. The lowest BCUT2D eigenvalue weighted by Gasteiger charge is -2.28. The molecule has 1 fully saturated rings. The van der Waals surface area contributed by atoms with Gasteiger partial charge in [0.15, 0.2) is 0 Å². The number of hydrogen-bond donors (Lipinski definition) is 2. The Hall–Kier alpha value is -0.610. The first-order valence-electron chi connectivity index (χ1n) is 6.20. The van der Waals surface area contributed by atoms with Gasteiger partial charge in [-0.15, -0.1) is 0 Å². The van der Waals surface area contributed by atoms with Crippen molar-refractivity contribution in [3.05, 3.63) is 0 Å². The lowest BCUT2D eigenvalue weighted by atomic mass is 9.91. The van der Waals surface area contributed by atoms with Crippen LogP contribution in [0.1, 0.15) is 39.5 Å². The minimum absolute atomic E-state index is 0.0154. The van der Waals surface area contributed by atoms with Gasteiger partial charge in [0.2, 0.25) is 5.91 Å². The fourth-order valence-corrected chi connectivity index (χ4v) is 2.04. The van der Waals surface area contributed by atoms with E-state index in [-0.39, 0.29) is 18.6 Å². The topological polar surface area (TPSA) is 50.4 Å². The van der Waals surface area contributed by atoms with Crippen molar-refractivity contribution >= 4 is 5.91 Å². The number of carbonyl (C=O) groups is 1. The van der Waals surface area contributed by atoms with Gasteiger partial charge in [0.1, 0.15) is 6.61 Å². The maximum absolute atomic E-state index is 11.5. The van der Waals surface area contributed by atoms with E-state index in [1.165, 1.54) is 0 Å². The Kier molecular flexibility index (Phi) is 5.77. The fraction of sp³-hybridized carbons (Fsp3) is 0.917. The molecule has 0 heterocycles. The largest absolute Gasteiger partial charge is 0.369 e. The van der Waals surface area contributed by atoms with Crippen LogP contribution in [-0.2, 0) is 9.53 Å². The summed E-state index contributed by atoms with van der Waals surface area (Å²) in [6.45, 7) is 4.06. The molecular formula is C12H24N2O2. The van der Waals surface area contributed by atoms with Crippen LogP contribution in [0.25, 0.3) is 0 Å². The van der Waals surface area contributed by atoms with Gasteiger partial charge in [-0.1, -0.05) is 0 Å². The number of ether oxygens (including phenoxy) is 1. The third-order valence-corrected chi connectivity index (χ3v) is 3.05. The van der Waals surface area contributed by atoms with E-state index < -0.39 is 0 Å². The lowest BCUT2D eigenvalue weighted by Crippen LogP contribution is -2.42. The van der Waals surface area contributed by atoms with E-state index in [1.807, 2.05) is 20.9 Å². The van der Waals surface area contributed by atoms with E-state index in [2.05, 4.69) is 10.6 Å². The van der Waals surface area contributed by atoms with Crippen LogP contribution in [0.2, 0.25) is 0 Å². The number of amides is 1. The summed E-state index contributed by atoms with van der Waals surface area (Å²) in [6.07, 6.45) is 4.54. The molecule has 0 aromatic heterocycles. The van der Waals surface area contributed by atoms with Gasteiger partial charge in [-0.25, -0.2) is 0 Å². The molecule has 1 amide bonds. The van der Waals surface area contributed by atoms with Crippen LogP contribution in [0.3, 0.4) is 0 Å². The standard InChI is InChI=1S/C12H24N2O2/c1-9(2)16-8-12(15)14-11-6-4-10(13-3)5-7-11/h9-11,13H,4-8H2,1-3H3,(H,14,15). The molecule has 0 aromatic rings. The van der Waals surface area contributed by atoms with Gasteiger partial charge in [0.05, 0.1) is 6.10 Å². The van der Waals surface area contributed by atoms with Crippen molar-refractivity contribution in [1.29, 1.82) is 0 Å². The van der Waals surface area contributed by atoms with Crippen LogP contribution in [0.15, 0.2) is 0 Å². The molecule has 0 atom stereocenters. The molecule has 1 saturated carbocycles. The third kappa shape index (κ3) is 4.94. The first kappa shape index (κ1) is 13.5. The zero-order valence-electron chi connectivity index (χ0n) is 10.6. The van der Waals surface area contributed by atoms with E-state index >= 15 is 0 Å². The second-order valence-electron chi connectivity index (χ2n) is 4.76. The van der Waals surface area contributed by atoms with Crippen molar-refractivity contribution in [2.45, 2.75) is 57.7 Å². The molecule has 1 aliphatic carbocycles. The Balaban J connectivity index is 2.15. The fourth-order valence-electron chi connectivity index (χ4n) is 2.04. The molecule has 0 aromatic carbocycles. The highest BCUT2D eigenvalue weighted by molar-refractivity contribution is 5.77. The van der Waals surface area contributed by atoms with Crippen LogP contribution < -0.4 is 10.6 Å². The zero-order valence-corrected chi connectivity index (χ0v) is 10.6. The molecule has 16 heavy (non-hydrogen) atoms. The molecule has 1 aliphatic rings. The summed E-state index contributed by atoms with van der Waals surface area (Å²) in [5.41, 5.74) is 0. The van der Waals surface area contributed by atoms with E-state index in [9.17, 15) is 4.79 Å². The van der Waals surface area contributed by atoms with Crippen molar-refractivity contribution in [2.24, 2.45) is 0 Å². The summed E-state index contributed by atoms with van der Waals surface area (Å²) in [4.78, 5) is 11.5. The quantitative estimate of drug-likeness (QED) is 0.739. The van der Waals surface area contributed by atoms with Gasteiger partial charge in [-0.2, -0.15) is 0 Å². The monoisotopic (exact) mass is 228 g/mol. The lowest BCUT2D eigenvalue weighted by molar-refractivity contribution is -0.128. The zero-order chi connectivity index (χ0) is 12.0. The number of hydrogen-bond acceptors (Lipinski definition) is 3. The van der Waals surface area contributed by atoms with Crippen LogP contribution in [-0.4, -0.2) is 37.7 Å². The van der Waals surface area contributed by atoms with Gasteiger partial charge in [0.25, 0.3) is 0 Å². The van der Waals surface area contributed by atoms with Gasteiger partial charge in [-0.3, -0.25) is 4.79 Å². The van der Waals surface area contributed by atoms with Crippen LogP contribution in [0, 0.1) is 0 Å². The molecule has 0 bridgehead atoms. The smallest absolute Gasteiger partial charge is 0.246 e. The molecule has 0 spiro atoms. The van der Waals surface area contributed by atoms with E-state index in [1.54, 1.807) is 0 Å². The second kappa shape index (κ2) is 6.86. The maximum Gasteiger partial charge on any atom is 0.246 e. The van der Waals surface area contributed by atoms with Crippen molar-refractivity contribution in [3.63, 3.8) is 0 Å². The minimum atomic E-state index is 0.0154. The summed E-state index contributed by atoms with van der Waals surface area (Å²) in [5.74, 6) is 0.0154. The van der Waals surface area contributed by atoms with E-state index in [0.29, 0.717) is 12.1 Å². The summed E-state index contributed by atoms with van der Waals surface area (Å²) in [5, 5.41) is 6.31. The first-order valence-corrected chi connectivity index (χ1v) is 6.20. The predicted molar refractivity (Wildman–Crippen MR) is 64.3 cm³/mol.